The highest BCUT2D eigenvalue weighted by Gasteiger charge is 2.15. The van der Waals surface area contributed by atoms with Crippen LogP contribution in [-0.4, -0.2) is 41.1 Å². The van der Waals surface area contributed by atoms with Gasteiger partial charge in [0.25, 0.3) is 0 Å². The fourth-order valence-corrected chi connectivity index (χ4v) is 3.08. The predicted molar refractivity (Wildman–Crippen MR) is 96.1 cm³/mol. The molecule has 1 saturated heterocycles. The first-order valence-corrected chi connectivity index (χ1v) is 8.34. The monoisotopic (exact) mass is 338 g/mol. The van der Waals surface area contributed by atoms with E-state index in [9.17, 15) is 4.39 Å². The van der Waals surface area contributed by atoms with Gasteiger partial charge in [0.05, 0.1) is 23.1 Å². The molecule has 0 bridgehead atoms. The number of piperazine rings is 1. The van der Waals surface area contributed by atoms with Gasteiger partial charge >= 0.3 is 0 Å². The molecule has 3 heterocycles. The van der Waals surface area contributed by atoms with E-state index in [1.165, 1.54) is 6.20 Å². The molecule has 7 heteroatoms. The zero-order valence-corrected chi connectivity index (χ0v) is 13.7. The van der Waals surface area contributed by atoms with Crippen molar-refractivity contribution < 1.29 is 4.39 Å². The number of hydrogen-bond donors (Lipinski definition) is 2. The standard InChI is InChI=1S/C18H19FN6/c19-17-13(1-2-14-18(17)23-6-5-22-14)11-24-15-12-21-4-3-16(15)25-9-7-20-8-10-25/h1-6,12,20,24H,7-11H2. The van der Waals surface area contributed by atoms with Gasteiger partial charge in [0, 0.05) is 56.9 Å². The summed E-state index contributed by atoms with van der Waals surface area (Å²) in [4.78, 5) is 14.7. The third-order valence-electron chi connectivity index (χ3n) is 4.38. The number of halogens is 1. The minimum absolute atomic E-state index is 0.301. The van der Waals surface area contributed by atoms with Crippen LogP contribution in [0.4, 0.5) is 15.8 Å². The zero-order valence-electron chi connectivity index (χ0n) is 13.7. The van der Waals surface area contributed by atoms with Gasteiger partial charge < -0.3 is 15.5 Å². The Kier molecular flexibility index (Phi) is 4.39. The second-order valence-electron chi connectivity index (χ2n) is 5.95. The van der Waals surface area contributed by atoms with Gasteiger partial charge in [-0.2, -0.15) is 0 Å². The van der Waals surface area contributed by atoms with Crippen molar-refractivity contribution >= 4 is 22.4 Å². The van der Waals surface area contributed by atoms with Crippen LogP contribution in [-0.2, 0) is 6.54 Å². The summed E-state index contributed by atoms with van der Waals surface area (Å²) in [7, 11) is 0. The van der Waals surface area contributed by atoms with Crippen molar-refractivity contribution in [2.45, 2.75) is 6.54 Å². The average Bonchev–Trinajstić information content (AvgIpc) is 2.69. The zero-order chi connectivity index (χ0) is 17.1. The number of fused-ring (bicyclic) bond motifs is 1. The third-order valence-corrected chi connectivity index (χ3v) is 4.38. The lowest BCUT2D eigenvalue weighted by Crippen LogP contribution is -2.43. The van der Waals surface area contributed by atoms with Crippen molar-refractivity contribution in [3.8, 4) is 0 Å². The second kappa shape index (κ2) is 6.98. The van der Waals surface area contributed by atoms with E-state index in [1.807, 2.05) is 6.07 Å². The Morgan fingerprint density at radius 3 is 2.80 bits per heavy atom. The maximum atomic E-state index is 14.7. The van der Waals surface area contributed by atoms with Gasteiger partial charge in [0.2, 0.25) is 0 Å². The quantitative estimate of drug-likeness (QED) is 0.760. The number of anilines is 2. The summed E-state index contributed by atoms with van der Waals surface area (Å²) in [6.45, 7) is 4.17. The van der Waals surface area contributed by atoms with E-state index in [-0.39, 0.29) is 5.82 Å². The van der Waals surface area contributed by atoms with Gasteiger partial charge in [0.1, 0.15) is 5.52 Å². The van der Waals surface area contributed by atoms with Crippen LogP contribution >= 0.6 is 0 Å². The molecule has 25 heavy (non-hydrogen) atoms. The number of nitrogens with one attached hydrogen (secondary N) is 2. The Hall–Kier alpha value is -2.80. The highest BCUT2D eigenvalue weighted by atomic mass is 19.1. The highest BCUT2D eigenvalue weighted by molar-refractivity contribution is 5.75. The van der Waals surface area contributed by atoms with Gasteiger partial charge in [-0.25, -0.2) is 9.37 Å². The molecular weight excluding hydrogens is 319 g/mol. The van der Waals surface area contributed by atoms with Gasteiger partial charge in [-0.05, 0) is 12.1 Å². The van der Waals surface area contributed by atoms with Gasteiger partial charge in [-0.1, -0.05) is 6.07 Å². The molecule has 0 amide bonds. The Morgan fingerprint density at radius 2 is 1.92 bits per heavy atom. The molecule has 3 aromatic rings. The molecule has 1 aliphatic rings. The number of pyridine rings is 1. The predicted octanol–water partition coefficient (Wildman–Crippen LogP) is 2.19. The second-order valence-corrected chi connectivity index (χ2v) is 5.95. The number of rotatable bonds is 4. The Morgan fingerprint density at radius 1 is 1.08 bits per heavy atom. The number of aromatic nitrogens is 3. The molecule has 0 radical (unpaired) electrons. The fraction of sp³-hybridized carbons (Fsp3) is 0.278. The van der Waals surface area contributed by atoms with Crippen LogP contribution in [0.3, 0.4) is 0 Å². The lowest BCUT2D eigenvalue weighted by Gasteiger charge is -2.31. The third kappa shape index (κ3) is 3.23. The molecular formula is C18H19FN6. The first kappa shape index (κ1) is 15.7. The van der Waals surface area contributed by atoms with Gasteiger partial charge in [-0.3, -0.25) is 9.97 Å². The molecule has 0 unspecified atom stereocenters. The molecule has 6 nitrogen and oxygen atoms in total. The van der Waals surface area contributed by atoms with Crippen molar-refractivity contribution in [3.05, 3.63) is 54.4 Å². The fourth-order valence-electron chi connectivity index (χ4n) is 3.08. The number of benzene rings is 1. The molecule has 1 aromatic carbocycles. The maximum Gasteiger partial charge on any atom is 0.155 e. The average molecular weight is 338 g/mol. The normalized spacial score (nSPS) is 14.7. The van der Waals surface area contributed by atoms with E-state index in [4.69, 9.17) is 0 Å². The first-order valence-electron chi connectivity index (χ1n) is 8.34. The SMILES string of the molecule is Fc1c(CNc2cnccc2N2CCNCC2)ccc2nccnc12. The summed E-state index contributed by atoms with van der Waals surface area (Å²) >= 11 is 0. The topological polar surface area (TPSA) is 66.0 Å². The molecule has 128 valence electrons. The molecule has 2 N–H and O–H groups in total. The van der Waals surface area contributed by atoms with Crippen LogP contribution in [0.5, 0.6) is 0 Å². The van der Waals surface area contributed by atoms with Crippen LogP contribution in [0.25, 0.3) is 11.0 Å². The van der Waals surface area contributed by atoms with Crippen LogP contribution in [0.15, 0.2) is 43.0 Å². The van der Waals surface area contributed by atoms with Crippen molar-refractivity contribution in [3.63, 3.8) is 0 Å². The van der Waals surface area contributed by atoms with Crippen molar-refractivity contribution in [1.29, 1.82) is 0 Å². The van der Waals surface area contributed by atoms with E-state index in [0.717, 1.165) is 37.6 Å². The Balaban J connectivity index is 1.57. The van der Waals surface area contributed by atoms with Crippen LogP contribution in [0.2, 0.25) is 0 Å². The summed E-state index contributed by atoms with van der Waals surface area (Å²) in [5.74, 6) is -0.328. The first-order chi connectivity index (χ1) is 12.3. The summed E-state index contributed by atoms with van der Waals surface area (Å²) in [6, 6.07) is 5.54. The van der Waals surface area contributed by atoms with Crippen LogP contribution < -0.4 is 15.5 Å². The minimum Gasteiger partial charge on any atom is -0.378 e. The summed E-state index contributed by atoms with van der Waals surface area (Å²) in [5.41, 5.74) is 3.42. The molecule has 1 aliphatic heterocycles. The number of hydrogen-bond acceptors (Lipinski definition) is 6. The van der Waals surface area contributed by atoms with Crippen LogP contribution in [0.1, 0.15) is 5.56 Å². The lowest BCUT2D eigenvalue weighted by atomic mass is 10.1. The molecule has 2 aromatic heterocycles. The molecule has 0 saturated carbocycles. The summed E-state index contributed by atoms with van der Waals surface area (Å²) in [6.07, 6.45) is 6.65. The molecule has 4 rings (SSSR count). The highest BCUT2D eigenvalue weighted by Crippen LogP contribution is 2.26. The van der Waals surface area contributed by atoms with E-state index in [1.54, 1.807) is 30.7 Å². The van der Waals surface area contributed by atoms with Crippen molar-refractivity contribution in [2.75, 3.05) is 36.4 Å². The maximum absolute atomic E-state index is 14.7. The van der Waals surface area contributed by atoms with E-state index in [0.29, 0.717) is 23.1 Å². The van der Waals surface area contributed by atoms with E-state index < -0.39 is 0 Å². The largest absolute Gasteiger partial charge is 0.378 e. The number of nitrogens with zero attached hydrogens (tertiary/aromatic N) is 4. The van der Waals surface area contributed by atoms with Gasteiger partial charge in [-0.15, -0.1) is 0 Å². The lowest BCUT2D eigenvalue weighted by molar-refractivity contribution is 0.589. The van der Waals surface area contributed by atoms with E-state index in [2.05, 4.69) is 30.5 Å². The smallest absolute Gasteiger partial charge is 0.155 e. The van der Waals surface area contributed by atoms with Gasteiger partial charge in [0.15, 0.2) is 5.82 Å². The molecule has 0 atom stereocenters. The van der Waals surface area contributed by atoms with E-state index >= 15 is 0 Å². The molecule has 0 spiro atoms. The van der Waals surface area contributed by atoms with Crippen molar-refractivity contribution in [2.24, 2.45) is 0 Å². The molecule has 0 aliphatic carbocycles. The van der Waals surface area contributed by atoms with Crippen molar-refractivity contribution in [1.82, 2.24) is 20.3 Å². The minimum atomic E-state index is -0.328. The molecule has 1 fully saturated rings. The summed E-state index contributed by atoms with van der Waals surface area (Å²) in [5, 5.41) is 6.67. The Labute approximate surface area is 145 Å². The summed E-state index contributed by atoms with van der Waals surface area (Å²) < 4.78 is 14.7. The Bertz CT molecular complexity index is 878. The van der Waals surface area contributed by atoms with Crippen LogP contribution in [0, 0.1) is 5.82 Å².